The third kappa shape index (κ3) is 2.67. The highest BCUT2D eigenvalue weighted by atomic mass is 19.1. The lowest BCUT2D eigenvalue weighted by molar-refractivity contribution is 0.607. The maximum Gasteiger partial charge on any atom is 0.346 e. The van der Waals surface area contributed by atoms with Crippen molar-refractivity contribution in [3.05, 3.63) is 70.7 Å². The van der Waals surface area contributed by atoms with Gasteiger partial charge in [-0.25, -0.2) is 13.9 Å². The molecule has 0 unspecified atom stereocenters. The molecule has 0 amide bonds. The van der Waals surface area contributed by atoms with E-state index in [1.54, 1.807) is 29.1 Å². The zero-order valence-corrected chi connectivity index (χ0v) is 12.4. The van der Waals surface area contributed by atoms with Gasteiger partial charge in [0, 0.05) is 24.0 Å². The van der Waals surface area contributed by atoms with E-state index in [4.69, 9.17) is 0 Å². The molecular formula is C17H15FN4O. The molecule has 3 aromatic rings. The largest absolute Gasteiger partial charge is 0.346 e. The minimum atomic E-state index is -0.315. The molecule has 23 heavy (non-hydrogen) atoms. The minimum Gasteiger partial charge on any atom is -0.272 e. The maximum atomic E-state index is 13.3. The number of halogens is 1. The van der Waals surface area contributed by atoms with E-state index in [1.807, 2.05) is 12.1 Å². The number of pyridine rings is 1. The lowest BCUT2D eigenvalue weighted by Gasteiger charge is -2.02. The first kappa shape index (κ1) is 13.9. The van der Waals surface area contributed by atoms with Gasteiger partial charge >= 0.3 is 5.69 Å². The molecule has 0 saturated heterocycles. The molecule has 116 valence electrons. The van der Waals surface area contributed by atoms with E-state index in [2.05, 4.69) is 10.1 Å². The Morgan fingerprint density at radius 3 is 2.78 bits per heavy atom. The first-order valence-corrected chi connectivity index (χ1v) is 7.56. The van der Waals surface area contributed by atoms with Gasteiger partial charge in [0.05, 0.1) is 6.54 Å². The van der Waals surface area contributed by atoms with Crippen LogP contribution in [0.3, 0.4) is 0 Å². The van der Waals surface area contributed by atoms with E-state index in [1.165, 1.54) is 16.8 Å². The van der Waals surface area contributed by atoms with Crippen molar-refractivity contribution in [3.63, 3.8) is 0 Å². The summed E-state index contributed by atoms with van der Waals surface area (Å²) in [6, 6.07) is 10.1. The third-order valence-electron chi connectivity index (χ3n) is 3.92. The van der Waals surface area contributed by atoms with E-state index >= 15 is 0 Å². The fourth-order valence-electron chi connectivity index (χ4n) is 2.69. The van der Waals surface area contributed by atoms with Crippen LogP contribution in [0.1, 0.15) is 24.4 Å². The summed E-state index contributed by atoms with van der Waals surface area (Å²) in [6.07, 6.45) is 5.36. The molecule has 2 heterocycles. The molecule has 0 N–H and O–H groups in total. The van der Waals surface area contributed by atoms with Crippen LogP contribution >= 0.6 is 0 Å². The number of hydrogen-bond donors (Lipinski definition) is 0. The van der Waals surface area contributed by atoms with Gasteiger partial charge in [0.2, 0.25) is 0 Å². The summed E-state index contributed by atoms with van der Waals surface area (Å²) < 4.78 is 16.5. The quantitative estimate of drug-likeness (QED) is 0.744. The SMILES string of the molecule is O=c1n(Cc2cccc(F)c2)nc(-c2cccnc2)n1C1CC1. The van der Waals surface area contributed by atoms with Crippen molar-refractivity contribution in [1.29, 1.82) is 0 Å². The average molecular weight is 310 g/mol. The summed E-state index contributed by atoms with van der Waals surface area (Å²) in [5.41, 5.74) is 1.37. The number of benzene rings is 1. The van der Waals surface area contributed by atoms with E-state index < -0.39 is 0 Å². The average Bonchev–Trinajstić information content (AvgIpc) is 3.34. The number of nitrogens with zero attached hydrogens (tertiary/aromatic N) is 4. The van der Waals surface area contributed by atoms with Crippen LogP contribution in [0.4, 0.5) is 4.39 Å². The first-order valence-electron chi connectivity index (χ1n) is 7.56. The number of hydrogen-bond acceptors (Lipinski definition) is 3. The normalized spacial score (nSPS) is 14.1. The highest BCUT2D eigenvalue weighted by Crippen LogP contribution is 2.36. The Labute approximate surface area is 132 Å². The van der Waals surface area contributed by atoms with Crippen LogP contribution in [-0.2, 0) is 6.54 Å². The molecule has 0 spiro atoms. The van der Waals surface area contributed by atoms with Gasteiger partial charge in [-0.1, -0.05) is 12.1 Å². The molecule has 0 atom stereocenters. The molecule has 1 aromatic carbocycles. The minimum absolute atomic E-state index is 0.157. The Kier molecular flexibility index (Phi) is 3.29. The lowest BCUT2D eigenvalue weighted by atomic mass is 10.2. The standard InChI is InChI=1S/C17H15FN4O/c18-14-5-1-3-12(9-14)11-21-17(23)22(15-6-7-15)16(20-21)13-4-2-8-19-10-13/h1-5,8-10,15H,6-7,11H2. The Morgan fingerprint density at radius 1 is 1.22 bits per heavy atom. The van der Waals surface area contributed by atoms with Gasteiger partial charge in [0.25, 0.3) is 0 Å². The van der Waals surface area contributed by atoms with Gasteiger partial charge < -0.3 is 0 Å². The number of aromatic nitrogens is 4. The predicted molar refractivity (Wildman–Crippen MR) is 83.5 cm³/mol. The molecule has 1 aliphatic carbocycles. The van der Waals surface area contributed by atoms with Crippen LogP contribution in [0.5, 0.6) is 0 Å². The Hall–Kier alpha value is -2.76. The third-order valence-corrected chi connectivity index (χ3v) is 3.92. The van der Waals surface area contributed by atoms with E-state index in [-0.39, 0.29) is 24.1 Å². The van der Waals surface area contributed by atoms with Crippen molar-refractivity contribution < 1.29 is 4.39 Å². The second-order valence-electron chi connectivity index (χ2n) is 5.74. The van der Waals surface area contributed by atoms with Crippen LogP contribution in [-0.4, -0.2) is 19.3 Å². The molecule has 1 fully saturated rings. The maximum absolute atomic E-state index is 13.3. The molecule has 0 aliphatic heterocycles. The van der Waals surface area contributed by atoms with Gasteiger partial charge in [0.1, 0.15) is 5.82 Å². The van der Waals surface area contributed by atoms with Gasteiger partial charge in [-0.3, -0.25) is 9.55 Å². The molecule has 0 bridgehead atoms. The fourth-order valence-corrected chi connectivity index (χ4v) is 2.69. The zero-order valence-electron chi connectivity index (χ0n) is 12.4. The molecule has 1 saturated carbocycles. The summed E-state index contributed by atoms with van der Waals surface area (Å²) in [6.45, 7) is 0.254. The fraction of sp³-hybridized carbons (Fsp3) is 0.235. The van der Waals surface area contributed by atoms with Crippen LogP contribution in [0, 0.1) is 5.82 Å². The van der Waals surface area contributed by atoms with Crippen LogP contribution in [0.2, 0.25) is 0 Å². The molecule has 2 aromatic heterocycles. The topological polar surface area (TPSA) is 52.7 Å². The molecule has 0 radical (unpaired) electrons. The van der Waals surface area contributed by atoms with E-state index in [0.717, 1.165) is 18.4 Å². The highest BCUT2D eigenvalue weighted by molar-refractivity contribution is 5.53. The summed E-state index contributed by atoms with van der Waals surface area (Å²) in [4.78, 5) is 16.8. The van der Waals surface area contributed by atoms with Crippen LogP contribution < -0.4 is 5.69 Å². The van der Waals surface area contributed by atoms with Crippen molar-refractivity contribution >= 4 is 0 Å². The molecule has 1 aliphatic rings. The van der Waals surface area contributed by atoms with Gasteiger partial charge in [-0.15, -0.1) is 5.10 Å². The van der Waals surface area contributed by atoms with Gasteiger partial charge in [0.15, 0.2) is 5.82 Å². The lowest BCUT2D eigenvalue weighted by Crippen LogP contribution is -2.25. The molecular weight excluding hydrogens is 295 g/mol. The van der Waals surface area contributed by atoms with Crippen LogP contribution in [0.25, 0.3) is 11.4 Å². The zero-order chi connectivity index (χ0) is 15.8. The van der Waals surface area contributed by atoms with Crippen LogP contribution in [0.15, 0.2) is 53.6 Å². The van der Waals surface area contributed by atoms with Crippen molar-refractivity contribution in [3.8, 4) is 11.4 Å². The molecule has 5 nitrogen and oxygen atoms in total. The predicted octanol–water partition coefficient (Wildman–Crippen LogP) is 2.63. The summed E-state index contributed by atoms with van der Waals surface area (Å²) in [7, 11) is 0. The Morgan fingerprint density at radius 2 is 2.09 bits per heavy atom. The van der Waals surface area contributed by atoms with Gasteiger partial charge in [-0.05, 0) is 42.7 Å². The number of rotatable bonds is 4. The Bertz CT molecular complexity index is 896. The van der Waals surface area contributed by atoms with Crippen molar-refractivity contribution in [2.24, 2.45) is 0 Å². The highest BCUT2D eigenvalue weighted by Gasteiger charge is 2.30. The summed E-state index contributed by atoms with van der Waals surface area (Å²) in [5.74, 6) is 0.312. The second-order valence-corrected chi connectivity index (χ2v) is 5.74. The first-order chi connectivity index (χ1) is 11.2. The Balaban J connectivity index is 1.78. The summed E-state index contributed by atoms with van der Waals surface area (Å²) in [5, 5.41) is 4.47. The van der Waals surface area contributed by atoms with Crippen molar-refractivity contribution in [2.45, 2.75) is 25.4 Å². The summed E-state index contributed by atoms with van der Waals surface area (Å²) >= 11 is 0. The second kappa shape index (κ2) is 5.46. The van der Waals surface area contributed by atoms with Gasteiger partial charge in [-0.2, -0.15) is 0 Å². The monoisotopic (exact) mass is 310 g/mol. The van der Waals surface area contributed by atoms with Crippen molar-refractivity contribution in [2.75, 3.05) is 0 Å². The van der Waals surface area contributed by atoms with E-state index in [9.17, 15) is 9.18 Å². The van der Waals surface area contributed by atoms with E-state index in [0.29, 0.717) is 11.4 Å². The smallest absolute Gasteiger partial charge is 0.272 e. The molecule has 6 heteroatoms. The molecule has 4 rings (SSSR count). The van der Waals surface area contributed by atoms with Crippen molar-refractivity contribution in [1.82, 2.24) is 19.3 Å².